The largest absolute Gasteiger partial charge is 0.465 e. The number of rotatable bonds is 0. The molecule has 0 aromatic heterocycles. The molecule has 0 unspecified atom stereocenters. The number of amides is 10. The van der Waals surface area contributed by atoms with Crippen LogP contribution in [-0.2, 0) is 14.4 Å². The summed E-state index contributed by atoms with van der Waals surface area (Å²) in [6, 6.07) is -2.50. The Balaban J connectivity index is -0.00000000644. The summed E-state index contributed by atoms with van der Waals surface area (Å²) in [6.07, 6.45) is -3.75. The summed E-state index contributed by atoms with van der Waals surface area (Å²) in [5, 5.41) is 21.6. The van der Waals surface area contributed by atoms with Crippen LogP contribution < -0.4 is 94.2 Å². The van der Waals surface area contributed by atoms with Gasteiger partial charge in [-0.05, 0) is 0 Å². The molecule has 0 aliphatic carbocycles. The van der Waals surface area contributed by atoms with E-state index in [1.807, 2.05) is 0 Å². The third kappa shape index (κ3) is 1460. The summed E-state index contributed by atoms with van der Waals surface area (Å²) in [5.41, 5.74) is 42.1. The first-order chi connectivity index (χ1) is 13.5. The standard InChI is InChI=1S/C2H5NO.3CH4N2O.3CH3NO2.CO2.6CH4.6H3N.2H2O/c1-2(3)4;6*2-1(3)4;2-1-3;;;;;;;;;;;;;;/h1H3,(H2,3,4);3*(H4,2,3,4);3*2H2,(H,3,4);;6*1H4;6*1H3;2*1H2. The fraction of sp³-hybridized carbons (Fsp3) is 0.467. The molecule has 0 bridgehead atoms. The number of carbonyl (C=O) groups excluding carboxylic acids is 6. The van der Waals surface area contributed by atoms with E-state index in [0.29, 0.717) is 0 Å². The number of urea groups is 3. The van der Waals surface area contributed by atoms with Crippen molar-refractivity contribution in [2.75, 3.05) is 0 Å². The van der Waals surface area contributed by atoms with Crippen molar-refractivity contribution in [1.82, 2.24) is 36.9 Å². The molecule has 0 saturated heterocycles. The number of hydrogen-bond donors (Lipinski definition) is 19. The van der Waals surface area contributed by atoms with Gasteiger partial charge in [0.25, 0.3) is 0 Å². The molecule has 296 valence electrons. The maximum Gasteiger partial charge on any atom is 0.402 e. The lowest BCUT2D eigenvalue weighted by Gasteiger charge is -1.62. The number of carbonyl (C=O) groups is 7. The van der Waals surface area contributed by atoms with Crippen LogP contribution in [0.5, 0.6) is 0 Å². The SMILES string of the molecule is C.C.C.C.C.C.CC(N)=O.N.N.N.N.N.N.NC(=O)O.NC(=O)O.NC(=O)O.NC(N)=O.NC(N)=O.NC(N)=O.O.O.O=C=O. The van der Waals surface area contributed by atoms with Gasteiger partial charge in [0.15, 0.2) is 0 Å². The van der Waals surface area contributed by atoms with E-state index in [1.54, 1.807) is 0 Å². The van der Waals surface area contributed by atoms with Gasteiger partial charge >= 0.3 is 42.5 Å². The minimum absolute atomic E-state index is 0. The molecule has 0 fully saturated rings. The average molecular weight is 701 g/mol. The summed E-state index contributed by atoms with van der Waals surface area (Å²) in [6.45, 7) is 1.31. The van der Waals surface area contributed by atoms with Crippen molar-refractivity contribution in [2.45, 2.75) is 51.5 Å². The van der Waals surface area contributed by atoms with E-state index >= 15 is 0 Å². The lowest BCUT2D eigenvalue weighted by atomic mass is 10.8. The van der Waals surface area contributed by atoms with Gasteiger partial charge in [0.2, 0.25) is 5.91 Å². The second kappa shape index (κ2) is 202. The molecule has 30 nitrogen and oxygen atoms in total. The van der Waals surface area contributed by atoms with Gasteiger partial charge in [-0.3, -0.25) is 4.79 Å². The molecule has 0 aromatic rings. The van der Waals surface area contributed by atoms with Gasteiger partial charge in [-0.2, -0.15) is 9.59 Å². The minimum Gasteiger partial charge on any atom is -0.465 e. The Morgan fingerprint density at radius 3 is 0.400 bits per heavy atom. The first-order valence-electron chi connectivity index (χ1n) is 5.89. The molecule has 0 heterocycles. The van der Waals surface area contributed by atoms with Crippen LogP contribution in [0.15, 0.2) is 0 Å². The maximum atomic E-state index is 9.22. The highest BCUT2D eigenvalue weighted by Gasteiger charge is 1.66. The van der Waals surface area contributed by atoms with Gasteiger partial charge in [-0.15, -0.1) is 0 Å². The molecule has 0 saturated carbocycles. The highest BCUT2D eigenvalue weighted by atomic mass is 16.4. The molecule has 0 aliphatic rings. The average Bonchev–Trinajstić information content (AvgIpc) is 2.32. The molecule has 0 atom stereocenters. The van der Waals surface area contributed by atoms with Crippen LogP contribution in [-0.4, -0.2) is 74.7 Å². The van der Waals surface area contributed by atoms with E-state index < -0.39 is 36.4 Å². The van der Waals surface area contributed by atoms with Gasteiger partial charge in [0.05, 0.1) is 0 Å². The first-order valence-corrected chi connectivity index (χ1v) is 5.89. The van der Waals surface area contributed by atoms with Gasteiger partial charge < -0.3 is 121 Å². The molecule has 0 rings (SSSR count). The third-order valence-corrected chi connectivity index (χ3v) is 0. The molecule has 0 aliphatic heterocycles. The number of nitrogens with two attached hydrogens (primary N) is 10. The number of hydrogen-bond acceptors (Lipinski definition) is 15. The molecule has 30 heteroatoms. The van der Waals surface area contributed by atoms with Crippen LogP contribution in [0, 0.1) is 0 Å². The molecule has 45 heavy (non-hydrogen) atoms. The highest BCUT2D eigenvalue weighted by Crippen LogP contribution is 1.35. The van der Waals surface area contributed by atoms with Crippen LogP contribution >= 0.6 is 0 Å². The predicted molar refractivity (Wildman–Crippen MR) is 176 cm³/mol. The van der Waals surface area contributed by atoms with Crippen LogP contribution in [0.2, 0.25) is 0 Å². The highest BCUT2D eigenvalue weighted by molar-refractivity contribution is 5.70. The topological polar surface area (TPSA) is 748 Å². The summed E-state index contributed by atoms with van der Waals surface area (Å²) >= 11 is 0. The molecule has 0 aromatic carbocycles. The fourth-order valence-electron chi connectivity index (χ4n) is 0. The van der Waals surface area contributed by atoms with Crippen LogP contribution in [0.25, 0.3) is 0 Å². The fourth-order valence-corrected chi connectivity index (χ4v) is 0. The molecule has 0 radical (unpaired) electrons. The molecular weight excluding hydrogens is 628 g/mol. The molecular formula is C15H72N16O14. The third-order valence-electron chi connectivity index (χ3n) is 0. The zero-order valence-electron chi connectivity index (χ0n) is 21.0. The van der Waals surface area contributed by atoms with Crippen LogP contribution in [0.1, 0.15) is 51.5 Å². The minimum atomic E-state index is -1.33. The number of carboxylic acid groups (broad SMARTS) is 3. The van der Waals surface area contributed by atoms with Crippen molar-refractivity contribution >= 4 is 48.4 Å². The van der Waals surface area contributed by atoms with Crippen molar-refractivity contribution < 1.29 is 69.4 Å². The second-order valence-electron chi connectivity index (χ2n) is 2.92. The van der Waals surface area contributed by atoms with Gasteiger partial charge in [-0.1, -0.05) is 44.6 Å². The van der Waals surface area contributed by atoms with E-state index in [0.717, 1.165) is 0 Å². The van der Waals surface area contributed by atoms with Gasteiger partial charge in [0, 0.05) is 6.92 Å². The Morgan fingerprint density at radius 2 is 0.400 bits per heavy atom. The second-order valence-corrected chi connectivity index (χ2v) is 2.92. The molecule has 0 spiro atoms. The smallest absolute Gasteiger partial charge is 0.402 e. The Labute approximate surface area is 264 Å². The van der Waals surface area contributed by atoms with Crippen molar-refractivity contribution in [1.29, 1.82) is 0 Å². The monoisotopic (exact) mass is 701 g/mol. The van der Waals surface area contributed by atoms with Crippen molar-refractivity contribution in [3.8, 4) is 0 Å². The van der Waals surface area contributed by atoms with E-state index in [9.17, 15) is 4.79 Å². The van der Waals surface area contributed by atoms with E-state index in [4.69, 9.17) is 53.7 Å². The quantitative estimate of drug-likeness (QED) is 0.130. The predicted octanol–water partition coefficient (Wildman–Crippen LogP) is -2.01. The Kier molecular flexibility index (Phi) is 869. The van der Waals surface area contributed by atoms with E-state index in [-0.39, 0.29) is 104 Å². The van der Waals surface area contributed by atoms with Crippen molar-refractivity contribution in [2.24, 2.45) is 57.3 Å². The van der Waals surface area contributed by atoms with Crippen LogP contribution in [0.3, 0.4) is 0 Å². The Hall–Kier alpha value is -5.85. The zero-order chi connectivity index (χ0) is 27.7. The summed E-state index contributed by atoms with van der Waals surface area (Å²) in [5.74, 6) is -0.333. The number of primary amides is 10. The van der Waals surface area contributed by atoms with Crippen molar-refractivity contribution in [3.63, 3.8) is 0 Å². The van der Waals surface area contributed by atoms with Crippen molar-refractivity contribution in [3.05, 3.63) is 0 Å². The lowest BCUT2D eigenvalue weighted by Crippen LogP contribution is -2.18. The molecule has 45 N–H and O–H groups in total. The van der Waals surface area contributed by atoms with E-state index in [2.05, 4.69) is 57.3 Å². The maximum absolute atomic E-state index is 9.22. The van der Waals surface area contributed by atoms with Crippen LogP contribution in [0.4, 0.5) is 28.8 Å². The summed E-state index contributed by atoms with van der Waals surface area (Å²) in [4.78, 5) is 78.8. The molecule has 10 amide bonds. The van der Waals surface area contributed by atoms with Gasteiger partial charge in [-0.25, -0.2) is 28.8 Å². The lowest BCUT2D eigenvalue weighted by molar-refractivity contribution is -0.191. The zero-order valence-corrected chi connectivity index (χ0v) is 21.0. The normalized spacial score (nSPS) is 3.93. The Morgan fingerprint density at radius 1 is 0.400 bits per heavy atom. The Bertz CT molecular complexity index is 423. The summed E-state index contributed by atoms with van der Waals surface area (Å²) in [7, 11) is 0. The first kappa shape index (κ1) is 194. The van der Waals surface area contributed by atoms with Gasteiger partial charge in [0.1, 0.15) is 0 Å². The summed E-state index contributed by atoms with van der Waals surface area (Å²) < 4.78 is 0. The van der Waals surface area contributed by atoms with E-state index in [1.165, 1.54) is 6.92 Å².